The van der Waals surface area contributed by atoms with Gasteiger partial charge in [0.2, 0.25) is 5.91 Å². The average molecular weight is 529 g/mol. The molecular weight excluding hydrogens is 504 g/mol. The van der Waals surface area contributed by atoms with Crippen LogP contribution in [0.2, 0.25) is 5.02 Å². The first-order chi connectivity index (χ1) is 17.2. The van der Waals surface area contributed by atoms with Crippen molar-refractivity contribution in [2.45, 2.75) is 37.2 Å². The van der Waals surface area contributed by atoms with Crippen molar-refractivity contribution in [2.75, 3.05) is 12.4 Å². The van der Waals surface area contributed by atoms with E-state index in [1.165, 1.54) is 38.3 Å². The van der Waals surface area contributed by atoms with Gasteiger partial charge in [0, 0.05) is 25.2 Å². The second-order valence-corrected chi connectivity index (χ2v) is 10.3. The number of benzene rings is 3. The maximum absolute atomic E-state index is 13.2. The Balaban J connectivity index is 1.58. The minimum Gasteiger partial charge on any atom is -0.493 e. The molecule has 1 aliphatic rings. The number of rotatable bonds is 9. The Bertz CT molecular complexity index is 1390. The van der Waals surface area contributed by atoms with Gasteiger partial charge in [-0.25, -0.2) is 0 Å². The molecule has 0 unspecified atom stereocenters. The molecule has 3 aromatic rings. The smallest absolute Gasteiger partial charge is 0.339 e. The zero-order chi connectivity index (χ0) is 25.9. The van der Waals surface area contributed by atoms with Gasteiger partial charge in [0.05, 0.1) is 17.7 Å². The number of halogens is 1. The molecule has 36 heavy (non-hydrogen) atoms. The minimum absolute atomic E-state index is 0.00174. The molecule has 0 radical (unpaired) electrons. The molecule has 0 heterocycles. The Morgan fingerprint density at radius 3 is 2.33 bits per heavy atom. The maximum Gasteiger partial charge on any atom is 0.339 e. The summed E-state index contributed by atoms with van der Waals surface area (Å²) in [6, 6.07) is 17.5. The van der Waals surface area contributed by atoms with Crippen molar-refractivity contribution < 1.29 is 26.9 Å². The molecule has 0 bridgehead atoms. The molecule has 0 aromatic heterocycles. The predicted octanol–water partition coefficient (Wildman–Crippen LogP) is 4.88. The summed E-state index contributed by atoms with van der Waals surface area (Å²) >= 11 is 6.25. The highest BCUT2D eigenvalue weighted by Crippen LogP contribution is 2.35. The quantitative estimate of drug-likeness (QED) is 0.397. The third kappa shape index (κ3) is 5.98. The molecule has 2 amide bonds. The predicted molar refractivity (Wildman–Crippen MR) is 136 cm³/mol. The molecule has 0 spiro atoms. The topological polar surface area (TPSA) is 102 Å². The number of hydrogen-bond acceptors (Lipinski definition) is 6. The zero-order valence-electron chi connectivity index (χ0n) is 19.7. The zero-order valence-corrected chi connectivity index (χ0v) is 21.3. The highest BCUT2D eigenvalue weighted by atomic mass is 35.5. The molecule has 3 aromatic carbocycles. The van der Waals surface area contributed by atoms with E-state index in [1.807, 2.05) is 0 Å². The van der Waals surface area contributed by atoms with E-state index >= 15 is 0 Å². The van der Waals surface area contributed by atoms with E-state index in [0.717, 1.165) is 12.8 Å². The summed E-state index contributed by atoms with van der Waals surface area (Å²) in [5.41, 5.74) is 1.56. The normalized spacial score (nSPS) is 13.1. The molecule has 10 heteroatoms. The lowest BCUT2D eigenvalue weighted by molar-refractivity contribution is -0.114. The lowest BCUT2D eigenvalue weighted by Gasteiger charge is -2.23. The van der Waals surface area contributed by atoms with Crippen LogP contribution in [0.25, 0.3) is 0 Å². The van der Waals surface area contributed by atoms with Crippen molar-refractivity contribution in [2.24, 2.45) is 0 Å². The fraction of sp³-hybridized carbons (Fsp3) is 0.231. The van der Waals surface area contributed by atoms with Gasteiger partial charge in [0.25, 0.3) is 5.91 Å². The van der Waals surface area contributed by atoms with Crippen LogP contribution in [0.15, 0.2) is 71.6 Å². The van der Waals surface area contributed by atoms with Crippen LogP contribution in [0.3, 0.4) is 0 Å². The molecule has 1 aliphatic carbocycles. The van der Waals surface area contributed by atoms with Gasteiger partial charge in [-0.3, -0.25) is 9.59 Å². The highest BCUT2D eigenvalue weighted by molar-refractivity contribution is 7.87. The van der Waals surface area contributed by atoms with Crippen LogP contribution < -0.4 is 14.2 Å². The number of amides is 2. The Morgan fingerprint density at radius 2 is 1.72 bits per heavy atom. The molecule has 4 rings (SSSR count). The summed E-state index contributed by atoms with van der Waals surface area (Å²) in [4.78, 5) is 26.1. The first-order valence-electron chi connectivity index (χ1n) is 11.2. The fourth-order valence-electron chi connectivity index (χ4n) is 3.70. The second-order valence-electron chi connectivity index (χ2n) is 8.37. The van der Waals surface area contributed by atoms with Gasteiger partial charge in [-0.1, -0.05) is 29.8 Å². The van der Waals surface area contributed by atoms with Crippen molar-refractivity contribution in [1.82, 2.24) is 4.90 Å². The lowest BCUT2D eigenvalue weighted by atomic mass is 10.1. The summed E-state index contributed by atoms with van der Waals surface area (Å²) in [5.74, 6) is -0.223. The molecule has 0 aliphatic heterocycles. The van der Waals surface area contributed by atoms with Crippen LogP contribution in [0, 0.1) is 0 Å². The maximum atomic E-state index is 13.2. The summed E-state index contributed by atoms with van der Waals surface area (Å²) in [6.45, 7) is 1.61. The van der Waals surface area contributed by atoms with Crippen molar-refractivity contribution >= 4 is 39.2 Å². The molecule has 0 atom stereocenters. The van der Waals surface area contributed by atoms with E-state index in [2.05, 4.69) is 5.32 Å². The third-order valence-corrected chi connectivity index (χ3v) is 7.17. The van der Waals surface area contributed by atoms with E-state index < -0.39 is 10.1 Å². The summed E-state index contributed by atoms with van der Waals surface area (Å²) in [6.07, 6.45) is 1.77. The van der Waals surface area contributed by atoms with Crippen LogP contribution in [-0.4, -0.2) is 38.3 Å². The first-order valence-corrected chi connectivity index (χ1v) is 13.0. The van der Waals surface area contributed by atoms with Gasteiger partial charge in [-0.05, 0) is 66.9 Å². The van der Waals surface area contributed by atoms with Crippen LogP contribution in [0.1, 0.15) is 35.7 Å². The Hall–Kier alpha value is -3.56. The number of anilines is 1. The summed E-state index contributed by atoms with van der Waals surface area (Å²) in [5, 5.41) is 2.96. The number of nitrogens with one attached hydrogen (secondary N) is 1. The molecule has 1 saturated carbocycles. The monoisotopic (exact) mass is 528 g/mol. The first kappa shape index (κ1) is 25.5. The molecule has 188 valence electrons. The van der Waals surface area contributed by atoms with Crippen LogP contribution in [0.5, 0.6) is 11.5 Å². The number of methoxy groups -OCH3 is 1. The van der Waals surface area contributed by atoms with Gasteiger partial charge in [0.15, 0.2) is 11.5 Å². The lowest BCUT2D eigenvalue weighted by Crippen LogP contribution is -2.32. The van der Waals surface area contributed by atoms with Gasteiger partial charge in [0.1, 0.15) is 4.90 Å². The van der Waals surface area contributed by atoms with E-state index in [-0.39, 0.29) is 40.8 Å². The van der Waals surface area contributed by atoms with E-state index in [9.17, 15) is 18.0 Å². The number of carbonyl (C=O) groups excluding carboxylic acids is 2. The van der Waals surface area contributed by atoms with Crippen LogP contribution in [0.4, 0.5) is 5.69 Å². The van der Waals surface area contributed by atoms with Crippen molar-refractivity contribution in [3.63, 3.8) is 0 Å². The minimum atomic E-state index is -4.20. The van der Waals surface area contributed by atoms with Gasteiger partial charge in [-0.15, -0.1) is 0 Å². The number of ether oxygens (including phenoxy) is 1. The van der Waals surface area contributed by atoms with Crippen molar-refractivity contribution in [3.8, 4) is 11.5 Å². The molecule has 1 fully saturated rings. The third-order valence-electron chi connectivity index (χ3n) is 5.60. The molecule has 1 N–H and O–H groups in total. The van der Waals surface area contributed by atoms with Crippen molar-refractivity contribution in [3.05, 3.63) is 82.9 Å². The standard InChI is InChI=1S/C26H25ClN2O6S/c1-17(30)28-19-8-12-21(13-9-19)36(32,33)35-25-15-18(7-14-24(25)34-2)16-29(20-10-11-20)26(31)22-5-3-4-6-23(22)27/h3-9,12-15,20H,10-11,16H2,1-2H3,(H,28,30). The van der Waals surface area contributed by atoms with Crippen LogP contribution in [-0.2, 0) is 21.5 Å². The molecule has 0 saturated heterocycles. The Morgan fingerprint density at radius 1 is 1.03 bits per heavy atom. The second kappa shape index (κ2) is 10.6. The van der Waals surface area contributed by atoms with Gasteiger partial charge in [-0.2, -0.15) is 8.42 Å². The average Bonchev–Trinajstić information content (AvgIpc) is 3.68. The number of nitrogens with zero attached hydrogens (tertiary/aromatic N) is 1. The molecule has 8 nitrogen and oxygen atoms in total. The Kier molecular flexibility index (Phi) is 7.51. The number of hydrogen-bond donors (Lipinski definition) is 1. The fourth-order valence-corrected chi connectivity index (χ4v) is 4.85. The molecular formula is C26H25ClN2O6S. The van der Waals surface area contributed by atoms with E-state index in [1.54, 1.807) is 47.4 Å². The number of carbonyl (C=O) groups is 2. The van der Waals surface area contributed by atoms with Crippen molar-refractivity contribution in [1.29, 1.82) is 0 Å². The van der Waals surface area contributed by atoms with Gasteiger partial charge >= 0.3 is 10.1 Å². The van der Waals surface area contributed by atoms with Crippen LogP contribution >= 0.6 is 11.6 Å². The summed E-state index contributed by atoms with van der Waals surface area (Å²) in [7, 11) is -2.79. The summed E-state index contributed by atoms with van der Waals surface area (Å²) < 4.78 is 36.6. The highest BCUT2D eigenvalue weighted by Gasteiger charge is 2.34. The largest absolute Gasteiger partial charge is 0.493 e. The van der Waals surface area contributed by atoms with E-state index in [0.29, 0.717) is 21.8 Å². The SMILES string of the molecule is COc1ccc(CN(C(=O)c2ccccc2Cl)C2CC2)cc1OS(=O)(=O)c1ccc(NC(C)=O)cc1. The van der Waals surface area contributed by atoms with E-state index in [4.69, 9.17) is 20.5 Å². The van der Waals surface area contributed by atoms with Gasteiger partial charge < -0.3 is 19.1 Å². The Labute approximate surface area is 214 Å².